The molecule has 0 amide bonds. The van der Waals surface area contributed by atoms with Crippen LogP contribution in [0.3, 0.4) is 0 Å². The van der Waals surface area contributed by atoms with E-state index in [4.69, 9.17) is 14.2 Å². The molecule has 23 heavy (non-hydrogen) atoms. The summed E-state index contributed by atoms with van der Waals surface area (Å²) in [6.07, 6.45) is 3.51. The first-order chi connectivity index (χ1) is 11.1. The Hall–Kier alpha value is -1.60. The van der Waals surface area contributed by atoms with Crippen molar-refractivity contribution in [2.75, 3.05) is 20.4 Å². The van der Waals surface area contributed by atoms with Crippen molar-refractivity contribution >= 4 is 0 Å². The lowest BCUT2D eigenvalue weighted by atomic mass is 9.65. The number of fused-ring (bicyclic) bond motifs is 2. The topological polar surface area (TPSA) is 71.4 Å². The molecule has 1 aromatic rings. The molecular formula is C17H19NO5. The Morgan fingerprint density at radius 3 is 2.83 bits per heavy atom. The van der Waals surface area contributed by atoms with Gasteiger partial charge in [0.1, 0.15) is 6.23 Å². The highest BCUT2D eigenvalue weighted by Gasteiger charge is 2.61. The summed E-state index contributed by atoms with van der Waals surface area (Å²) < 4.78 is 16.4. The predicted octanol–water partition coefficient (Wildman–Crippen LogP) is 0.678. The highest BCUT2D eigenvalue weighted by Crippen LogP contribution is 2.56. The molecule has 1 aromatic carbocycles. The molecule has 0 aromatic heterocycles. The van der Waals surface area contributed by atoms with E-state index in [-0.39, 0.29) is 18.9 Å². The predicted molar refractivity (Wildman–Crippen MR) is 80.3 cm³/mol. The van der Waals surface area contributed by atoms with Crippen LogP contribution in [0.1, 0.15) is 23.8 Å². The van der Waals surface area contributed by atoms with E-state index >= 15 is 0 Å². The highest BCUT2D eigenvalue weighted by molar-refractivity contribution is 5.57. The molecule has 6 nitrogen and oxygen atoms in total. The highest BCUT2D eigenvalue weighted by atomic mass is 16.7. The maximum atomic E-state index is 10.8. The van der Waals surface area contributed by atoms with Gasteiger partial charge in [-0.25, -0.2) is 0 Å². The van der Waals surface area contributed by atoms with Crippen molar-refractivity contribution in [1.29, 1.82) is 0 Å². The Labute approximate surface area is 133 Å². The Morgan fingerprint density at radius 2 is 2.04 bits per heavy atom. The summed E-state index contributed by atoms with van der Waals surface area (Å²) in [6, 6.07) is 3.79. The van der Waals surface area contributed by atoms with Gasteiger partial charge in [0.05, 0.1) is 17.6 Å². The Morgan fingerprint density at radius 1 is 1.26 bits per heavy atom. The van der Waals surface area contributed by atoms with E-state index in [0.717, 1.165) is 17.5 Å². The Kier molecular flexibility index (Phi) is 2.69. The SMILES string of the molecule is CO[C@@H]1C=C[C@]23c4cc5c(cc4[C@H](O)N(C[C@@H]2O)[C@@H]3C1)OCO5. The zero-order valence-electron chi connectivity index (χ0n) is 12.8. The molecular weight excluding hydrogens is 298 g/mol. The quantitative estimate of drug-likeness (QED) is 0.742. The summed E-state index contributed by atoms with van der Waals surface area (Å²) in [5.41, 5.74) is 1.21. The van der Waals surface area contributed by atoms with Crippen molar-refractivity contribution in [3.8, 4) is 11.5 Å². The van der Waals surface area contributed by atoms with Crippen LogP contribution in [0.15, 0.2) is 24.3 Å². The lowest BCUT2D eigenvalue weighted by Crippen LogP contribution is -2.53. The van der Waals surface area contributed by atoms with Gasteiger partial charge in [0.15, 0.2) is 11.5 Å². The van der Waals surface area contributed by atoms with Gasteiger partial charge in [-0.1, -0.05) is 12.2 Å². The largest absolute Gasteiger partial charge is 0.454 e. The van der Waals surface area contributed by atoms with Crippen LogP contribution in [0, 0.1) is 0 Å². The molecule has 1 fully saturated rings. The second-order valence-corrected chi connectivity index (χ2v) is 6.70. The lowest BCUT2D eigenvalue weighted by Gasteiger charge is -2.48. The van der Waals surface area contributed by atoms with Crippen LogP contribution in [0.25, 0.3) is 0 Å². The van der Waals surface area contributed by atoms with E-state index < -0.39 is 17.7 Å². The third-order valence-corrected chi connectivity index (χ3v) is 5.84. The first-order valence-corrected chi connectivity index (χ1v) is 7.93. The van der Waals surface area contributed by atoms with E-state index in [1.54, 1.807) is 7.11 Å². The molecule has 6 atom stereocenters. The molecule has 1 saturated heterocycles. The number of aliphatic hydroxyl groups is 2. The summed E-state index contributed by atoms with van der Waals surface area (Å²) in [5, 5.41) is 21.7. The van der Waals surface area contributed by atoms with Crippen LogP contribution in [-0.2, 0) is 10.2 Å². The maximum absolute atomic E-state index is 10.8. The molecule has 2 bridgehead atoms. The number of aliphatic hydroxyl groups excluding tert-OH is 2. The fourth-order valence-electron chi connectivity index (χ4n) is 4.71. The van der Waals surface area contributed by atoms with Gasteiger partial charge >= 0.3 is 0 Å². The number of benzene rings is 1. The standard InChI is InChI=1S/C17H19NO5/c1-21-9-2-3-17-11-6-13-12(22-8-23-13)5-10(11)16(20)18(7-15(17)19)14(17)4-9/h2-3,5-6,9,14-16,19-20H,4,7-8H2,1H3/t9-,14-,15+,16+,17-/m1/s1. The van der Waals surface area contributed by atoms with Crippen LogP contribution in [-0.4, -0.2) is 53.8 Å². The Balaban J connectivity index is 1.75. The minimum atomic E-state index is -0.751. The van der Waals surface area contributed by atoms with Crippen LogP contribution in [0.4, 0.5) is 0 Å². The van der Waals surface area contributed by atoms with Gasteiger partial charge in [0.25, 0.3) is 0 Å². The number of methoxy groups -OCH3 is 1. The molecule has 3 heterocycles. The lowest BCUT2D eigenvalue weighted by molar-refractivity contribution is -0.0399. The molecule has 2 N–H and O–H groups in total. The zero-order valence-corrected chi connectivity index (χ0v) is 12.8. The molecule has 0 radical (unpaired) electrons. The smallest absolute Gasteiger partial charge is 0.231 e. The van der Waals surface area contributed by atoms with Crippen molar-refractivity contribution < 1.29 is 24.4 Å². The molecule has 122 valence electrons. The van der Waals surface area contributed by atoms with Crippen molar-refractivity contribution in [3.05, 3.63) is 35.4 Å². The minimum Gasteiger partial charge on any atom is -0.454 e. The summed E-state index contributed by atoms with van der Waals surface area (Å²) in [5.74, 6) is 1.33. The number of rotatable bonds is 1. The first kappa shape index (κ1) is 13.8. The minimum absolute atomic E-state index is 0.00341. The summed E-state index contributed by atoms with van der Waals surface area (Å²) >= 11 is 0. The molecule has 4 aliphatic rings. The second kappa shape index (κ2) is 4.48. The van der Waals surface area contributed by atoms with Gasteiger partial charge in [-0.3, -0.25) is 4.90 Å². The molecule has 1 aliphatic carbocycles. The summed E-state index contributed by atoms with van der Waals surface area (Å²) in [7, 11) is 1.69. The fraction of sp³-hybridized carbons (Fsp3) is 0.529. The van der Waals surface area contributed by atoms with E-state index in [2.05, 4.69) is 6.08 Å². The molecule has 5 rings (SSSR count). The summed E-state index contributed by atoms with van der Waals surface area (Å²) in [6.45, 7) is 0.631. The second-order valence-electron chi connectivity index (χ2n) is 6.70. The molecule has 3 aliphatic heterocycles. The van der Waals surface area contributed by atoms with Crippen LogP contribution >= 0.6 is 0 Å². The number of nitrogens with zero attached hydrogens (tertiary/aromatic N) is 1. The summed E-state index contributed by atoms with van der Waals surface area (Å²) in [4.78, 5) is 1.98. The first-order valence-electron chi connectivity index (χ1n) is 7.93. The maximum Gasteiger partial charge on any atom is 0.231 e. The van der Waals surface area contributed by atoms with Gasteiger partial charge < -0.3 is 24.4 Å². The Bertz CT molecular complexity index is 704. The van der Waals surface area contributed by atoms with Crippen molar-refractivity contribution in [3.63, 3.8) is 0 Å². The average molecular weight is 317 g/mol. The van der Waals surface area contributed by atoms with Gasteiger partial charge in [0, 0.05) is 25.3 Å². The molecule has 6 heteroatoms. The van der Waals surface area contributed by atoms with Crippen molar-refractivity contribution in [2.45, 2.75) is 36.3 Å². The zero-order chi connectivity index (χ0) is 15.8. The number of ether oxygens (including phenoxy) is 3. The average Bonchev–Trinajstić information content (AvgIpc) is 3.12. The van der Waals surface area contributed by atoms with Crippen LogP contribution < -0.4 is 9.47 Å². The number of hydrogen-bond donors (Lipinski definition) is 2. The van der Waals surface area contributed by atoms with Crippen LogP contribution in [0.5, 0.6) is 11.5 Å². The third kappa shape index (κ3) is 1.57. The molecule has 0 spiro atoms. The van der Waals surface area contributed by atoms with Crippen molar-refractivity contribution in [1.82, 2.24) is 4.90 Å². The van der Waals surface area contributed by atoms with E-state index in [1.165, 1.54) is 0 Å². The monoisotopic (exact) mass is 317 g/mol. The van der Waals surface area contributed by atoms with Gasteiger partial charge in [-0.2, -0.15) is 0 Å². The van der Waals surface area contributed by atoms with E-state index in [0.29, 0.717) is 18.0 Å². The van der Waals surface area contributed by atoms with E-state index in [1.807, 2.05) is 23.1 Å². The number of hydrogen-bond acceptors (Lipinski definition) is 6. The van der Waals surface area contributed by atoms with Gasteiger partial charge in [0.2, 0.25) is 6.79 Å². The van der Waals surface area contributed by atoms with Crippen LogP contribution in [0.2, 0.25) is 0 Å². The van der Waals surface area contributed by atoms with E-state index in [9.17, 15) is 10.2 Å². The molecule has 1 unspecified atom stereocenters. The van der Waals surface area contributed by atoms with Crippen molar-refractivity contribution in [2.24, 2.45) is 0 Å². The van der Waals surface area contributed by atoms with Gasteiger partial charge in [-0.05, 0) is 24.1 Å². The van der Waals surface area contributed by atoms with Gasteiger partial charge in [-0.15, -0.1) is 0 Å². The molecule has 0 saturated carbocycles. The normalized spacial score (nSPS) is 42.5. The third-order valence-electron chi connectivity index (χ3n) is 5.84. The fourth-order valence-corrected chi connectivity index (χ4v) is 4.71.